The first-order valence-electron chi connectivity index (χ1n) is 9.54. The molecular weight excluding hydrogens is 401 g/mol. The van der Waals surface area contributed by atoms with Crippen molar-refractivity contribution in [2.24, 2.45) is 0 Å². The van der Waals surface area contributed by atoms with Gasteiger partial charge in [0.25, 0.3) is 5.91 Å². The van der Waals surface area contributed by atoms with Crippen molar-refractivity contribution in [3.63, 3.8) is 0 Å². The van der Waals surface area contributed by atoms with Gasteiger partial charge in [-0.3, -0.25) is 9.48 Å². The second kappa shape index (κ2) is 9.17. The van der Waals surface area contributed by atoms with E-state index in [1.807, 2.05) is 12.1 Å². The van der Waals surface area contributed by atoms with Crippen LogP contribution in [0.3, 0.4) is 0 Å². The fourth-order valence-electron chi connectivity index (χ4n) is 2.94. The van der Waals surface area contributed by atoms with E-state index < -0.39 is 5.91 Å². The molecule has 0 aliphatic rings. The summed E-state index contributed by atoms with van der Waals surface area (Å²) in [5, 5.41) is 6.97. The Morgan fingerprint density at radius 1 is 1.10 bits per heavy atom. The zero-order valence-electron chi connectivity index (χ0n) is 16.7. The molecule has 0 unspecified atom stereocenters. The quantitative estimate of drug-likeness (QED) is 0.453. The lowest BCUT2D eigenvalue weighted by Crippen LogP contribution is -2.12. The predicted molar refractivity (Wildman–Crippen MR) is 112 cm³/mol. The first kappa shape index (κ1) is 20.2. The van der Waals surface area contributed by atoms with E-state index in [1.54, 1.807) is 60.5 Å². The van der Waals surface area contributed by atoms with Crippen molar-refractivity contribution in [3.8, 4) is 11.5 Å². The number of anilines is 1. The minimum absolute atomic E-state index is 0.143. The van der Waals surface area contributed by atoms with Gasteiger partial charge in [0, 0.05) is 18.3 Å². The molecule has 4 rings (SSSR count). The number of methoxy groups -OCH3 is 1. The highest BCUT2D eigenvalue weighted by Crippen LogP contribution is 2.20. The Hall–Kier alpha value is -4.07. The molecule has 0 radical (unpaired) electrons. The Kier molecular flexibility index (Phi) is 5.98. The number of carbonyl (C=O) groups is 1. The Morgan fingerprint density at radius 2 is 1.94 bits per heavy atom. The Balaban J connectivity index is 1.33. The van der Waals surface area contributed by atoms with Crippen LogP contribution in [0.5, 0.6) is 11.5 Å². The van der Waals surface area contributed by atoms with Gasteiger partial charge in [-0.2, -0.15) is 5.10 Å². The number of aromatic nitrogens is 2. The molecule has 0 aliphatic heterocycles. The number of carbonyl (C=O) groups excluding carboxylic acids is 1. The van der Waals surface area contributed by atoms with Gasteiger partial charge in [-0.1, -0.05) is 18.2 Å². The number of benzene rings is 2. The summed E-state index contributed by atoms with van der Waals surface area (Å²) in [6.45, 7) is 0.558. The molecule has 7 nitrogen and oxygen atoms in total. The Morgan fingerprint density at radius 3 is 2.77 bits per heavy atom. The van der Waals surface area contributed by atoms with E-state index in [-0.39, 0.29) is 18.2 Å². The summed E-state index contributed by atoms with van der Waals surface area (Å²) in [6, 6.07) is 18.4. The number of nitrogens with one attached hydrogen (secondary N) is 1. The molecule has 1 N–H and O–H groups in total. The molecule has 0 saturated heterocycles. The number of halogens is 1. The van der Waals surface area contributed by atoms with Crippen molar-refractivity contribution in [1.29, 1.82) is 0 Å². The van der Waals surface area contributed by atoms with Gasteiger partial charge in [-0.25, -0.2) is 4.39 Å². The second-order valence-electron chi connectivity index (χ2n) is 6.72. The molecule has 0 bridgehead atoms. The molecular formula is C23H20FN3O4. The van der Waals surface area contributed by atoms with Crippen LogP contribution in [-0.4, -0.2) is 22.8 Å². The van der Waals surface area contributed by atoms with Gasteiger partial charge in [0.05, 0.1) is 13.7 Å². The minimum atomic E-state index is -0.427. The first-order chi connectivity index (χ1) is 15.1. The van der Waals surface area contributed by atoms with Crippen LogP contribution in [0.2, 0.25) is 0 Å². The fourth-order valence-corrected chi connectivity index (χ4v) is 2.94. The van der Waals surface area contributed by atoms with E-state index >= 15 is 0 Å². The van der Waals surface area contributed by atoms with Crippen LogP contribution in [0, 0.1) is 5.82 Å². The van der Waals surface area contributed by atoms with Gasteiger partial charge in [0.2, 0.25) is 0 Å². The van der Waals surface area contributed by atoms with Crippen LogP contribution in [0.25, 0.3) is 0 Å². The van der Waals surface area contributed by atoms with Crippen molar-refractivity contribution >= 4 is 11.7 Å². The van der Waals surface area contributed by atoms with E-state index in [1.165, 1.54) is 12.1 Å². The smallest absolute Gasteiger partial charge is 0.292 e. The SMILES string of the molecule is COc1cccc(OCc2ccc(C(=O)Nc3ccn(Cc4cccc(F)c4)n3)o2)c1. The van der Waals surface area contributed by atoms with E-state index in [4.69, 9.17) is 13.9 Å². The molecule has 4 aromatic rings. The summed E-state index contributed by atoms with van der Waals surface area (Å²) in [5.74, 6) is 1.60. The third-order valence-corrected chi connectivity index (χ3v) is 4.42. The third-order valence-electron chi connectivity index (χ3n) is 4.42. The van der Waals surface area contributed by atoms with Crippen LogP contribution >= 0.6 is 0 Å². The van der Waals surface area contributed by atoms with Crippen LogP contribution in [0.15, 0.2) is 77.3 Å². The number of ether oxygens (including phenoxy) is 2. The summed E-state index contributed by atoms with van der Waals surface area (Å²) in [4.78, 5) is 12.4. The van der Waals surface area contributed by atoms with Gasteiger partial charge in [0.1, 0.15) is 29.7 Å². The molecule has 0 aliphatic carbocycles. The highest BCUT2D eigenvalue weighted by Gasteiger charge is 2.13. The maximum absolute atomic E-state index is 13.3. The number of amides is 1. The maximum Gasteiger partial charge on any atom is 0.292 e. The standard InChI is InChI=1S/C23H20FN3O4/c1-29-18-6-3-7-19(13-18)30-15-20-8-9-21(31-20)23(28)25-22-10-11-27(26-22)14-16-4-2-5-17(24)12-16/h2-13H,14-15H2,1H3,(H,25,26,28). The summed E-state index contributed by atoms with van der Waals surface area (Å²) in [6.07, 6.45) is 1.70. The number of furan rings is 1. The monoisotopic (exact) mass is 421 g/mol. The van der Waals surface area contributed by atoms with Crippen molar-refractivity contribution in [1.82, 2.24) is 9.78 Å². The van der Waals surface area contributed by atoms with E-state index in [0.29, 0.717) is 29.6 Å². The third kappa shape index (κ3) is 5.30. The largest absolute Gasteiger partial charge is 0.497 e. The number of rotatable bonds is 8. The van der Waals surface area contributed by atoms with Crippen LogP contribution in [-0.2, 0) is 13.2 Å². The molecule has 2 heterocycles. The summed E-state index contributed by atoms with van der Waals surface area (Å²) in [7, 11) is 1.58. The van der Waals surface area contributed by atoms with Crippen molar-refractivity contribution < 1.29 is 23.1 Å². The van der Waals surface area contributed by atoms with Crippen molar-refractivity contribution in [3.05, 3.63) is 95.8 Å². The molecule has 2 aromatic heterocycles. The minimum Gasteiger partial charge on any atom is -0.497 e. The summed E-state index contributed by atoms with van der Waals surface area (Å²) >= 11 is 0. The highest BCUT2D eigenvalue weighted by molar-refractivity contribution is 6.01. The topological polar surface area (TPSA) is 78.5 Å². The molecule has 0 fully saturated rings. The first-order valence-corrected chi connectivity index (χ1v) is 9.54. The lowest BCUT2D eigenvalue weighted by molar-refractivity contribution is 0.0992. The molecule has 1 amide bonds. The number of hydrogen-bond donors (Lipinski definition) is 1. The highest BCUT2D eigenvalue weighted by atomic mass is 19.1. The molecule has 31 heavy (non-hydrogen) atoms. The lowest BCUT2D eigenvalue weighted by Gasteiger charge is -2.06. The van der Waals surface area contributed by atoms with Crippen molar-refractivity contribution in [2.75, 3.05) is 12.4 Å². The number of nitrogens with zero attached hydrogens (tertiary/aromatic N) is 2. The molecule has 2 aromatic carbocycles. The maximum atomic E-state index is 13.3. The second-order valence-corrected chi connectivity index (χ2v) is 6.72. The van der Waals surface area contributed by atoms with Crippen LogP contribution < -0.4 is 14.8 Å². The fraction of sp³-hybridized carbons (Fsp3) is 0.130. The van der Waals surface area contributed by atoms with Gasteiger partial charge >= 0.3 is 0 Å². The van der Waals surface area contributed by atoms with Crippen LogP contribution in [0.1, 0.15) is 21.9 Å². The Bertz CT molecular complexity index is 1180. The van der Waals surface area contributed by atoms with E-state index in [2.05, 4.69) is 10.4 Å². The molecule has 158 valence electrons. The lowest BCUT2D eigenvalue weighted by atomic mass is 10.2. The van der Waals surface area contributed by atoms with Gasteiger partial charge in [0.15, 0.2) is 11.6 Å². The zero-order valence-corrected chi connectivity index (χ0v) is 16.7. The molecule has 8 heteroatoms. The molecule has 0 saturated carbocycles. The van der Waals surface area contributed by atoms with Gasteiger partial charge in [-0.15, -0.1) is 0 Å². The molecule has 0 atom stereocenters. The predicted octanol–water partition coefficient (Wildman–Crippen LogP) is 4.50. The molecule has 0 spiro atoms. The van der Waals surface area contributed by atoms with Crippen molar-refractivity contribution in [2.45, 2.75) is 13.2 Å². The van der Waals surface area contributed by atoms with E-state index in [9.17, 15) is 9.18 Å². The zero-order chi connectivity index (χ0) is 21.6. The van der Waals surface area contributed by atoms with E-state index in [0.717, 1.165) is 5.56 Å². The van der Waals surface area contributed by atoms with Crippen LogP contribution in [0.4, 0.5) is 10.2 Å². The summed E-state index contributed by atoms with van der Waals surface area (Å²) < 4.78 is 31.3. The Labute approximate surface area is 178 Å². The summed E-state index contributed by atoms with van der Waals surface area (Å²) in [5.41, 5.74) is 0.771. The number of hydrogen-bond acceptors (Lipinski definition) is 5. The normalized spacial score (nSPS) is 10.6. The average molecular weight is 421 g/mol. The average Bonchev–Trinajstić information content (AvgIpc) is 3.42. The van der Waals surface area contributed by atoms with Gasteiger partial charge < -0.3 is 19.2 Å². The van der Waals surface area contributed by atoms with Gasteiger partial charge in [-0.05, 0) is 42.0 Å².